The molecule has 218 valence electrons. The lowest BCUT2D eigenvalue weighted by Gasteiger charge is -2.13. The Labute approximate surface area is 269 Å². The number of hydrogen-bond acceptors (Lipinski definition) is 4. The van der Waals surface area contributed by atoms with Crippen molar-refractivity contribution < 1.29 is 4.42 Å². The van der Waals surface area contributed by atoms with Crippen molar-refractivity contribution in [1.29, 1.82) is 0 Å². The first kappa shape index (κ1) is 25.9. The van der Waals surface area contributed by atoms with E-state index in [0.29, 0.717) is 17.5 Å². The molecule has 0 atom stereocenters. The molecule has 0 amide bonds. The Morgan fingerprint density at radius 3 is 1.81 bits per heavy atom. The van der Waals surface area contributed by atoms with Crippen molar-refractivity contribution in [3.8, 4) is 34.2 Å². The van der Waals surface area contributed by atoms with Gasteiger partial charge in [0, 0.05) is 27.5 Å². The van der Waals surface area contributed by atoms with Gasteiger partial charge in [-0.1, -0.05) is 121 Å². The Hall–Kier alpha value is -6.39. The first-order valence-electron chi connectivity index (χ1n) is 15.8. The van der Waals surface area contributed by atoms with E-state index >= 15 is 0 Å². The number of benzene rings is 8. The van der Waals surface area contributed by atoms with E-state index in [1.807, 2.05) is 30.3 Å². The van der Waals surface area contributed by atoms with Crippen LogP contribution in [0.15, 0.2) is 156 Å². The first-order valence-corrected chi connectivity index (χ1v) is 15.8. The summed E-state index contributed by atoms with van der Waals surface area (Å²) >= 11 is 0. The molecule has 0 aliphatic rings. The third-order valence-electron chi connectivity index (χ3n) is 9.27. The molecular weight excluding hydrogens is 574 g/mol. The van der Waals surface area contributed by atoms with E-state index in [1.54, 1.807) is 0 Å². The predicted molar refractivity (Wildman–Crippen MR) is 193 cm³/mol. The lowest BCUT2D eigenvalue weighted by atomic mass is 9.96. The zero-order valence-corrected chi connectivity index (χ0v) is 25.2. The van der Waals surface area contributed by atoms with Gasteiger partial charge in [-0.05, 0) is 73.4 Å². The first-order chi connectivity index (χ1) is 23.3. The number of para-hydroxylation sites is 1. The molecule has 0 aliphatic heterocycles. The van der Waals surface area contributed by atoms with Crippen molar-refractivity contribution in [3.63, 3.8) is 0 Å². The molecule has 4 heteroatoms. The molecule has 10 aromatic rings. The van der Waals surface area contributed by atoms with Crippen LogP contribution in [0.3, 0.4) is 0 Å². The summed E-state index contributed by atoms with van der Waals surface area (Å²) in [6.07, 6.45) is 0. The average molecular weight is 600 g/mol. The molecule has 8 aromatic carbocycles. The molecule has 0 radical (unpaired) electrons. The fourth-order valence-electron chi connectivity index (χ4n) is 6.99. The number of rotatable bonds is 3. The summed E-state index contributed by atoms with van der Waals surface area (Å²) in [5, 5.41) is 11.5. The Morgan fingerprint density at radius 1 is 0.319 bits per heavy atom. The van der Waals surface area contributed by atoms with Crippen molar-refractivity contribution in [2.45, 2.75) is 0 Å². The minimum absolute atomic E-state index is 0.639. The Bertz CT molecular complexity index is 2850. The van der Waals surface area contributed by atoms with Crippen LogP contribution in [-0.4, -0.2) is 15.0 Å². The van der Waals surface area contributed by atoms with Crippen LogP contribution in [0.4, 0.5) is 0 Å². The van der Waals surface area contributed by atoms with Crippen LogP contribution in [0, 0.1) is 0 Å². The normalized spacial score (nSPS) is 11.8. The largest absolute Gasteiger partial charge is 0.456 e. The molecule has 0 aliphatic carbocycles. The van der Waals surface area contributed by atoms with Gasteiger partial charge in [-0.3, -0.25) is 0 Å². The van der Waals surface area contributed by atoms with Gasteiger partial charge in [0.1, 0.15) is 11.2 Å². The van der Waals surface area contributed by atoms with Crippen LogP contribution >= 0.6 is 0 Å². The van der Waals surface area contributed by atoms with Gasteiger partial charge in [0.25, 0.3) is 0 Å². The Morgan fingerprint density at radius 2 is 0.936 bits per heavy atom. The molecule has 4 nitrogen and oxygen atoms in total. The smallest absolute Gasteiger partial charge is 0.164 e. The zero-order valence-electron chi connectivity index (χ0n) is 25.2. The van der Waals surface area contributed by atoms with Gasteiger partial charge in [-0.2, -0.15) is 0 Å². The second-order valence-corrected chi connectivity index (χ2v) is 12.0. The van der Waals surface area contributed by atoms with Crippen LogP contribution in [-0.2, 0) is 0 Å². The van der Waals surface area contributed by atoms with Gasteiger partial charge in [0.15, 0.2) is 17.5 Å². The minimum atomic E-state index is 0.639. The van der Waals surface area contributed by atoms with Crippen LogP contribution in [0.1, 0.15) is 0 Å². The summed E-state index contributed by atoms with van der Waals surface area (Å²) in [6, 6.07) is 52.8. The van der Waals surface area contributed by atoms with Crippen LogP contribution in [0.25, 0.3) is 99.2 Å². The van der Waals surface area contributed by atoms with Crippen molar-refractivity contribution in [1.82, 2.24) is 15.0 Å². The van der Waals surface area contributed by atoms with E-state index in [4.69, 9.17) is 19.4 Å². The summed E-state index contributed by atoms with van der Waals surface area (Å²) in [5.41, 5.74) is 4.67. The fourth-order valence-corrected chi connectivity index (χ4v) is 6.99. The maximum absolute atomic E-state index is 6.21. The number of furan rings is 1. The Balaban J connectivity index is 1.23. The molecule has 0 N–H and O–H groups in total. The van der Waals surface area contributed by atoms with Crippen LogP contribution in [0.2, 0.25) is 0 Å². The lowest BCUT2D eigenvalue weighted by Crippen LogP contribution is -2.00. The molecule has 47 heavy (non-hydrogen) atoms. The summed E-state index contributed by atoms with van der Waals surface area (Å²) in [5.74, 6) is 1.94. The summed E-state index contributed by atoms with van der Waals surface area (Å²) in [4.78, 5) is 15.4. The fraction of sp³-hybridized carbons (Fsp3) is 0. The second-order valence-electron chi connectivity index (χ2n) is 12.0. The van der Waals surface area contributed by atoms with Gasteiger partial charge >= 0.3 is 0 Å². The maximum atomic E-state index is 6.21. The molecule has 2 aromatic heterocycles. The van der Waals surface area contributed by atoms with E-state index in [2.05, 4.69) is 121 Å². The highest BCUT2D eigenvalue weighted by atomic mass is 16.3. The van der Waals surface area contributed by atoms with E-state index in [-0.39, 0.29) is 0 Å². The van der Waals surface area contributed by atoms with Crippen molar-refractivity contribution in [2.75, 3.05) is 0 Å². The van der Waals surface area contributed by atoms with E-state index in [9.17, 15) is 0 Å². The van der Waals surface area contributed by atoms with E-state index in [0.717, 1.165) is 65.6 Å². The molecule has 0 saturated heterocycles. The van der Waals surface area contributed by atoms with Crippen molar-refractivity contribution >= 4 is 65.0 Å². The number of fused-ring (bicyclic) bond motifs is 9. The minimum Gasteiger partial charge on any atom is -0.456 e. The average Bonchev–Trinajstić information content (AvgIpc) is 3.51. The predicted octanol–water partition coefficient (Wildman–Crippen LogP) is 11.4. The number of aromatic nitrogens is 3. The van der Waals surface area contributed by atoms with Gasteiger partial charge in [-0.25, -0.2) is 15.0 Å². The molecule has 0 saturated carbocycles. The monoisotopic (exact) mass is 599 g/mol. The molecular formula is C43H25N3O. The molecule has 0 spiro atoms. The standard InChI is InChI=1S/C43H25N3O/c1-2-10-27(11-3-1)41-44-42(46-43(45-41)38-22-28-12-4-5-13-31(28)32-14-6-7-15-33(32)38)30-21-19-26-18-20-29-24-40-37(25-36(29)35(26)23-30)34-16-8-9-17-39(34)47-40/h1-25H. The molecule has 0 fully saturated rings. The van der Waals surface area contributed by atoms with Gasteiger partial charge in [-0.15, -0.1) is 0 Å². The summed E-state index contributed by atoms with van der Waals surface area (Å²) < 4.78 is 6.21. The highest BCUT2D eigenvalue weighted by molar-refractivity contribution is 6.17. The quantitative estimate of drug-likeness (QED) is 0.190. The highest BCUT2D eigenvalue weighted by Gasteiger charge is 2.17. The third kappa shape index (κ3) is 4.12. The molecule has 10 rings (SSSR count). The van der Waals surface area contributed by atoms with E-state index < -0.39 is 0 Å². The van der Waals surface area contributed by atoms with Gasteiger partial charge in [0.05, 0.1) is 0 Å². The molecule has 0 bridgehead atoms. The van der Waals surface area contributed by atoms with Crippen molar-refractivity contribution in [2.24, 2.45) is 0 Å². The van der Waals surface area contributed by atoms with E-state index in [1.165, 1.54) is 16.2 Å². The van der Waals surface area contributed by atoms with Gasteiger partial charge < -0.3 is 4.42 Å². The second kappa shape index (κ2) is 10.1. The maximum Gasteiger partial charge on any atom is 0.164 e. The summed E-state index contributed by atoms with van der Waals surface area (Å²) in [6.45, 7) is 0. The third-order valence-corrected chi connectivity index (χ3v) is 9.27. The lowest BCUT2D eigenvalue weighted by molar-refractivity contribution is 0.669. The zero-order chi connectivity index (χ0) is 30.9. The van der Waals surface area contributed by atoms with Gasteiger partial charge in [0.2, 0.25) is 0 Å². The Kier molecular flexibility index (Phi) is 5.54. The number of nitrogens with zero attached hydrogens (tertiary/aromatic N) is 3. The number of hydrogen-bond donors (Lipinski definition) is 0. The molecule has 2 heterocycles. The molecule has 0 unspecified atom stereocenters. The highest BCUT2D eigenvalue weighted by Crippen LogP contribution is 2.38. The van der Waals surface area contributed by atoms with Crippen LogP contribution < -0.4 is 0 Å². The SMILES string of the molecule is c1ccc(-c2nc(-c3ccc4ccc5cc6oc7ccccc7c6cc5c4c3)nc(-c3cc4ccccc4c4ccccc34)n2)cc1. The summed E-state index contributed by atoms with van der Waals surface area (Å²) in [7, 11) is 0. The van der Waals surface area contributed by atoms with Crippen LogP contribution in [0.5, 0.6) is 0 Å². The van der Waals surface area contributed by atoms with Crippen molar-refractivity contribution in [3.05, 3.63) is 152 Å². The topological polar surface area (TPSA) is 51.8 Å².